The summed E-state index contributed by atoms with van der Waals surface area (Å²) in [6.45, 7) is 1.99. The van der Waals surface area contributed by atoms with Crippen LogP contribution in [-0.4, -0.2) is 20.1 Å². The van der Waals surface area contributed by atoms with Crippen LogP contribution in [0.5, 0.6) is 0 Å². The van der Waals surface area contributed by atoms with Crippen molar-refractivity contribution >= 4 is 39.1 Å². The first kappa shape index (κ1) is 20.0. The van der Waals surface area contributed by atoms with Gasteiger partial charge in [-0.3, -0.25) is 9.52 Å². The molecule has 1 amide bonds. The monoisotopic (exact) mass is 412 g/mol. The van der Waals surface area contributed by atoms with Gasteiger partial charge in [-0.15, -0.1) is 11.8 Å². The van der Waals surface area contributed by atoms with Gasteiger partial charge in [0.2, 0.25) is 5.91 Å². The summed E-state index contributed by atoms with van der Waals surface area (Å²) >= 11 is 1.38. The van der Waals surface area contributed by atoms with E-state index in [4.69, 9.17) is 0 Å². The Labute approximate surface area is 169 Å². The Morgan fingerprint density at radius 1 is 0.857 bits per heavy atom. The maximum Gasteiger partial charge on any atom is 0.261 e. The molecule has 0 saturated carbocycles. The van der Waals surface area contributed by atoms with Crippen LogP contribution in [0.15, 0.2) is 88.7 Å². The topological polar surface area (TPSA) is 75.3 Å². The van der Waals surface area contributed by atoms with Gasteiger partial charge >= 0.3 is 0 Å². The van der Waals surface area contributed by atoms with Crippen LogP contribution in [0, 0.1) is 6.92 Å². The van der Waals surface area contributed by atoms with Gasteiger partial charge in [0.1, 0.15) is 0 Å². The lowest BCUT2D eigenvalue weighted by Gasteiger charge is -2.09. The van der Waals surface area contributed by atoms with Gasteiger partial charge in [-0.25, -0.2) is 8.42 Å². The van der Waals surface area contributed by atoms with Gasteiger partial charge in [0, 0.05) is 16.3 Å². The second-order valence-electron chi connectivity index (χ2n) is 6.15. The zero-order chi connectivity index (χ0) is 20.0. The Bertz CT molecular complexity index is 1030. The van der Waals surface area contributed by atoms with E-state index in [1.807, 2.05) is 31.2 Å². The molecule has 0 radical (unpaired) electrons. The van der Waals surface area contributed by atoms with Crippen molar-refractivity contribution in [1.29, 1.82) is 0 Å². The first-order chi connectivity index (χ1) is 13.4. The molecule has 0 saturated heterocycles. The van der Waals surface area contributed by atoms with E-state index in [0.717, 1.165) is 16.1 Å². The normalized spacial score (nSPS) is 11.0. The lowest BCUT2D eigenvalue weighted by atomic mass is 10.2. The van der Waals surface area contributed by atoms with Gasteiger partial charge in [-0.05, 0) is 55.5 Å². The first-order valence-electron chi connectivity index (χ1n) is 8.60. The number of aryl methyl sites for hydroxylation is 1. The number of hydrogen-bond donors (Lipinski definition) is 2. The third-order valence-electron chi connectivity index (χ3n) is 3.87. The van der Waals surface area contributed by atoms with Crippen molar-refractivity contribution in [3.8, 4) is 0 Å². The SMILES string of the molecule is Cc1ccc(NC(=O)CSc2ccc(NS(=O)(=O)c3ccccc3)cc2)cc1. The highest BCUT2D eigenvalue weighted by Crippen LogP contribution is 2.22. The average Bonchev–Trinajstić information content (AvgIpc) is 2.70. The largest absolute Gasteiger partial charge is 0.325 e. The van der Waals surface area contributed by atoms with Crippen LogP contribution >= 0.6 is 11.8 Å². The Kier molecular flexibility index (Phi) is 6.38. The predicted molar refractivity (Wildman–Crippen MR) is 114 cm³/mol. The number of sulfonamides is 1. The Morgan fingerprint density at radius 3 is 2.11 bits per heavy atom. The number of benzene rings is 3. The van der Waals surface area contributed by atoms with Crippen molar-refractivity contribution in [2.24, 2.45) is 0 Å². The summed E-state index contributed by atoms with van der Waals surface area (Å²) in [5.41, 5.74) is 2.37. The minimum atomic E-state index is -3.61. The average molecular weight is 413 g/mol. The molecule has 0 spiro atoms. The summed E-state index contributed by atoms with van der Waals surface area (Å²) in [7, 11) is -3.61. The molecule has 5 nitrogen and oxygen atoms in total. The minimum Gasteiger partial charge on any atom is -0.325 e. The predicted octanol–water partition coefficient (Wildman–Crippen LogP) is 4.53. The third kappa shape index (κ3) is 5.61. The highest BCUT2D eigenvalue weighted by molar-refractivity contribution is 8.00. The van der Waals surface area contributed by atoms with E-state index in [2.05, 4.69) is 10.0 Å². The molecule has 28 heavy (non-hydrogen) atoms. The molecule has 0 aliphatic carbocycles. The zero-order valence-corrected chi connectivity index (χ0v) is 16.9. The molecular formula is C21H20N2O3S2. The van der Waals surface area contributed by atoms with Gasteiger partial charge in [0.25, 0.3) is 10.0 Å². The molecule has 0 aliphatic rings. The maximum absolute atomic E-state index is 12.3. The van der Waals surface area contributed by atoms with Crippen molar-refractivity contribution in [2.45, 2.75) is 16.7 Å². The zero-order valence-electron chi connectivity index (χ0n) is 15.3. The van der Waals surface area contributed by atoms with Crippen LogP contribution < -0.4 is 10.0 Å². The van der Waals surface area contributed by atoms with E-state index >= 15 is 0 Å². The molecule has 0 unspecified atom stereocenters. The number of anilines is 2. The highest BCUT2D eigenvalue weighted by atomic mass is 32.2. The summed E-state index contributed by atoms with van der Waals surface area (Å²) < 4.78 is 27.2. The fourth-order valence-electron chi connectivity index (χ4n) is 2.42. The molecular weight excluding hydrogens is 392 g/mol. The fourth-order valence-corrected chi connectivity index (χ4v) is 4.19. The van der Waals surface area contributed by atoms with Crippen molar-refractivity contribution in [2.75, 3.05) is 15.8 Å². The van der Waals surface area contributed by atoms with Crippen LogP contribution in [0.2, 0.25) is 0 Å². The molecule has 3 rings (SSSR count). The van der Waals surface area contributed by atoms with Gasteiger partial charge in [-0.1, -0.05) is 35.9 Å². The summed E-state index contributed by atoms with van der Waals surface area (Å²) in [5.74, 6) is 0.172. The summed E-state index contributed by atoms with van der Waals surface area (Å²) in [6, 6.07) is 22.7. The summed E-state index contributed by atoms with van der Waals surface area (Å²) in [6.07, 6.45) is 0. The Hall–Kier alpha value is -2.77. The maximum atomic E-state index is 12.3. The minimum absolute atomic E-state index is 0.0947. The van der Waals surface area contributed by atoms with Crippen molar-refractivity contribution in [3.63, 3.8) is 0 Å². The molecule has 3 aromatic rings. The van der Waals surface area contributed by atoms with Gasteiger partial charge in [0.15, 0.2) is 0 Å². The molecule has 0 atom stereocenters. The van der Waals surface area contributed by atoms with Crippen LogP contribution in [0.1, 0.15) is 5.56 Å². The highest BCUT2D eigenvalue weighted by Gasteiger charge is 2.13. The van der Waals surface area contributed by atoms with Gasteiger partial charge < -0.3 is 5.32 Å². The molecule has 0 heterocycles. The van der Waals surface area contributed by atoms with Gasteiger partial charge in [0.05, 0.1) is 10.6 Å². The van der Waals surface area contributed by atoms with Crippen LogP contribution in [0.25, 0.3) is 0 Å². The molecule has 7 heteroatoms. The smallest absolute Gasteiger partial charge is 0.261 e. The molecule has 144 valence electrons. The number of rotatable bonds is 7. The fraction of sp³-hybridized carbons (Fsp3) is 0.0952. The van der Waals surface area contributed by atoms with E-state index in [1.165, 1.54) is 11.8 Å². The molecule has 0 aromatic heterocycles. The molecule has 0 aliphatic heterocycles. The second kappa shape index (κ2) is 8.95. The third-order valence-corrected chi connectivity index (χ3v) is 6.27. The Balaban J connectivity index is 1.54. The van der Waals surface area contributed by atoms with E-state index in [-0.39, 0.29) is 16.6 Å². The van der Waals surface area contributed by atoms with Crippen LogP contribution in [-0.2, 0) is 14.8 Å². The molecule has 3 aromatic carbocycles. The summed E-state index contributed by atoms with van der Waals surface area (Å²) in [5, 5.41) is 2.85. The van der Waals surface area contributed by atoms with Crippen LogP contribution in [0.3, 0.4) is 0 Å². The van der Waals surface area contributed by atoms with E-state index in [1.54, 1.807) is 54.6 Å². The van der Waals surface area contributed by atoms with Crippen molar-refractivity contribution in [3.05, 3.63) is 84.4 Å². The standard InChI is InChI=1S/C21H20N2O3S2/c1-16-7-9-17(10-8-16)22-21(24)15-27-19-13-11-18(12-14-19)23-28(25,26)20-5-3-2-4-6-20/h2-14,23H,15H2,1H3,(H,22,24). The van der Waals surface area contributed by atoms with Crippen molar-refractivity contribution < 1.29 is 13.2 Å². The number of carbonyl (C=O) groups is 1. The number of hydrogen-bond acceptors (Lipinski definition) is 4. The van der Waals surface area contributed by atoms with E-state index in [0.29, 0.717) is 5.69 Å². The quantitative estimate of drug-likeness (QED) is 0.559. The number of nitrogens with one attached hydrogen (secondary N) is 2. The molecule has 2 N–H and O–H groups in total. The lowest BCUT2D eigenvalue weighted by molar-refractivity contribution is -0.113. The van der Waals surface area contributed by atoms with E-state index in [9.17, 15) is 13.2 Å². The van der Waals surface area contributed by atoms with Crippen molar-refractivity contribution in [1.82, 2.24) is 0 Å². The Morgan fingerprint density at radius 2 is 1.46 bits per heavy atom. The molecule has 0 bridgehead atoms. The number of carbonyl (C=O) groups excluding carboxylic acids is 1. The lowest BCUT2D eigenvalue weighted by Crippen LogP contribution is -2.14. The molecule has 0 fully saturated rings. The number of amides is 1. The summed E-state index contributed by atoms with van der Waals surface area (Å²) in [4.78, 5) is 13.1. The second-order valence-corrected chi connectivity index (χ2v) is 8.88. The van der Waals surface area contributed by atoms with Crippen LogP contribution in [0.4, 0.5) is 11.4 Å². The first-order valence-corrected chi connectivity index (χ1v) is 11.1. The number of thioether (sulfide) groups is 1. The van der Waals surface area contributed by atoms with E-state index < -0.39 is 10.0 Å². The van der Waals surface area contributed by atoms with Gasteiger partial charge in [-0.2, -0.15) is 0 Å².